The van der Waals surface area contributed by atoms with Crippen molar-refractivity contribution < 1.29 is 9.53 Å². The van der Waals surface area contributed by atoms with Gasteiger partial charge in [0.25, 0.3) is 5.91 Å². The molecule has 0 atom stereocenters. The number of nitrogen functional groups attached to an aromatic ring is 1. The van der Waals surface area contributed by atoms with E-state index in [9.17, 15) is 4.79 Å². The number of anilines is 2. The number of nitrogens with one attached hydrogen (secondary N) is 2. The highest BCUT2D eigenvalue weighted by atomic mass is 35.5. The van der Waals surface area contributed by atoms with Crippen LogP contribution in [0.4, 0.5) is 10.8 Å². The van der Waals surface area contributed by atoms with Gasteiger partial charge in [0.15, 0.2) is 10.9 Å². The number of halogens is 3. The number of nitrogens with two attached hydrogens (primary N) is 1. The Kier molecular flexibility index (Phi) is 5.21. The van der Waals surface area contributed by atoms with Crippen LogP contribution >= 0.6 is 46.1 Å². The predicted molar refractivity (Wildman–Crippen MR) is 103 cm³/mol. The van der Waals surface area contributed by atoms with Crippen LogP contribution in [0.25, 0.3) is 10.2 Å². The van der Waals surface area contributed by atoms with Gasteiger partial charge in [-0.25, -0.2) is 10.8 Å². The second-order valence-corrected chi connectivity index (χ2v) is 7.15. The van der Waals surface area contributed by atoms with Gasteiger partial charge in [0.05, 0.1) is 26.9 Å². The normalized spacial score (nSPS) is 10.8. The highest BCUT2D eigenvalue weighted by Gasteiger charge is 2.15. The van der Waals surface area contributed by atoms with Gasteiger partial charge in [0.1, 0.15) is 5.52 Å². The van der Waals surface area contributed by atoms with Crippen molar-refractivity contribution >= 4 is 73.1 Å². The average molecular weight is 418 g/mol. The Balaban J connectivity index is 1.92. The van der Waals surface area contributed by atoms with Crippen LogP contribution in [0.2, 0.25) is 15.1 Å². The van der Waals surface area contributed by atoms with E-state index in [1.807, 2.05) is 0 Å². The summed E-state index contributed by atoms with van der Waals surface area (Å²) in [7, 11) is 1.45. The monoisotopic (exact) mass is 416 g/mol. The molecule has 130 valence electrons. The average Bonchev–Trinajstić information content (AvgIpc) is 2.98. The second-order valence-electron chi connectivity index (χ2n) is 4.90. The number of methoxy groups -OCH3 is 1. The maximum atomic E-state index is 12.5. The van der Waals surface area contributed by atoms with Gasteiger partial charge in [-0.05, 0) is 24.3 Å². The van der Waals surface area contributed by atoms with Gasteiger partial charge in [0, 0.05) is 11.3 Å². The number of hydrazine groups is 1. The molecule has 10 heteroatoms. The van der Waals surface area contributed by atoms with Gasteiger partial charge in [-0.1, -0.05) is 46.1 Å². The van der Waals surface area contributed by atoms with Crippen LogP contribution in [-0.2, 0) is 0 Å². The number of ether oxygens (including phenoxy) is 1. The van der Waals surface area contributed by atoms with Crippen molar-refractivity contribution in [3.05, 3.63) is 44.9 Å². The molecule has 3 aromatic rings. The van der Waals surface area contributed by atoms with Crippen LogP contribution in [0.3, 0.4) is 0 Å². The maximum absolute atomic E-state index is 12.5. The van der Waals surface area contributed by atoms with Gasteiger partial charge in [-0.3, -0.25) is 10.2 Å². The van der Waals surface area contributed by atoms with E-state index in [1.165, 1.54) is 30.6 Å². The highest BCUT2D eigenvalue weighted by molar-refractivity contribution is 7.22. The fourth-order valence-corrected chi connectivity index (χ4v) is 4.01. The number of amides is 1. The van der Waals surface area contributed by atoms with Crippen LogP contribution < -0.4 is 21.3 Å². The number of carbonyl (C=O) groups is 1. The summed E-state index contributed by atoms with van der Waals surface area (Å²) in [4.78, 5) is 16.7. The first-order valence-corrected chi connectivity index (χ1v) is 8.79. The first kappa shape index (κ1) is 18.0. The van der Waals surface area contributed by atoms with Crippen LogP contribution in [0.5, 0.6) is 5.75 Å². The number of aromatic nitrogens is 1. The third-order valence-corrected chi connectivity index (χ3v) is 5.08. The molecule has 2 aromatic carbocycles. The number of fused-ring (bicyclic) bond motifs is 1. The zero-order valence-corrected chi connectivity index (χ0v) is 15.8. The van der Waals surface area contributed by atoms with Crippen LogP contribution in [0, 0.1) is 0 Å². The molecule has 0 aliphatic heterocycles. The van der Waals surface area contributed by atoms with Crippen LogP contribution in [-0.4, -0.2) is 18.0 Å². The molecule has 1 heterocycles. The number of rotatable bonds is 4. The Hall–Kier alpha value is -1.77. The molecule has 25 heavy (non-hydrogen) atoms. The molecule has 3 rings (SSSR count). The largest absolute Gasteiger partial charge is 0.494 e. The fourth-order valence-electron chi connectivity index (χ4n) is 2.21. The minimum absolute atomic E-state index is 0.245. The number of hydrogen-bond acceptors (Lipinski definition) is 6. The third-order valence-electron chi connectivity index (χ3n) is 3.29. The highest BCUT2D eigenvalue weighted by Crippen LogP contribution is 2.35. The van der Waals surface area contributed by atoms with Gasteiger partial charge in [0.2, 0.25) is 0 Å². The summed E-state index contributed by atoms with van der Waals surface area (Å²) in [6, 6.07) is 6.31. The van der Waals surface area contributed by atoms with Crippen LogP contribution in [0.1, 0.15) is 10.4 Å². The maximum Gasteiger partial charge on any atom is 0.255 e. The quantitative estimate of drug-likeness (QED) is 0.419. The molecule has 4 N–H and O–H groups in total. The molecule has 0 spiro atoms. The molecule has 0 radical (unpaired) electrons. The van der Waals surface area contributed by atoms with Gasteiger partial charge < -0.3 is 10.1 Å². The van der Waals surface area contributed by atoms with Crippen LogP contribution in [0.15, 0.2) is 24.3 Å². The lowest BCUT2D eigenvalue weighted by molar-refractivity contribution is 0.102. The molecule has 1 amide bonds. The van der Waals surface area contributed by atoms with Crippen molar-refractivity contribution in [2.45, 2.75) is 0 Å². The fraction of sp³-hybridized carbons (Fsp3) is 0.0667. The summed E-state index contributed by atoms with van der Waals surface area (Å²) >= 11 is 19.7. The molecular weight excluding hydrogens is 407 g/mol. The van der Waals surface area contributed by atoms with Gasteiger partial charge in [-0.15, -0.1) is 0 Å². The molecule has 0 fully saturated rings. The molecule has 0 aliphatic rings. The summed E-state index contributed by atoms with van der Waals surface area (Å²) in [6.45, 7) is 0. The number of hydrogen-bond donors (Lipinski definition) is 3. The molecule has 0 bridgehead atoms. The zero-order chi connectivity index (χ0) is 18.1. The van der Waals surface area contributed by atoms with Gasteiger partial charge >= 0.3 is 0 Å². The summed E-state index contributed by atoms with van der Waals surface area (Å²) in [5, 5.41) is 4.17. The Bertz CT molecular complexity index is 954. The first-order chi connectivity index (χ1) is 11.9. The van der Waals surface area contributed by atoms with Crippen molar-refractivity contribution in [2.75, 3.05) is 17.9 Å². The topological polar surface area (TPSA) is 89.3 Å². The summed E-state index contributed by atoms with van der Waals surface area (Å²) in [5.74, 6) is 5.29. The smallest absolute Gasteiger partial charge is 0.255 e. The Morgan fingerprint density at radius 2 is 1.84 bits per heavy atom. The minimum Gasteiger partial charge on any atom is -0.494 e. The summed E-state index contributed by atoms with van der Waals surface area (Å²) < 4.78 is 5.85. The zero-order valence-electron chi connectivity index (χ0n) is 12.7. The van der Waals surface area contributed by atoms with Crippen molar-refractivity contribution in [1.82, 2.24) is 4.98 Å². The minimum atomic E-state index is -0.386. The number of carbonyl (C=O) groups excluding carboxylic acids is 1. The molecule has 6 nitrogen and oxygen atoms in total. The van der Waals surface area contributed by atoms with E-state index in [0.717, 1.165) is 4.70 Å². The van der Waals surface area contributed by atoms with E-state index in [0.29, 0.717) is 32.7 Å². The molecule has 0 saturated carbocycles. The predicted octanol–water partition coefficient (Wildman–Crippen LogP) is 4.80. The molecular formula is C15H11Cl3N4O2S. The van der Waals surface area contributed by atoms with Gasteiger partial charge in [-0.2, -0.15) is 0 Å². The number of nitrogens with zero attached hydrogens (tertiary/aromatic N) is 1. The summed E-state index contributed by atoms with van der Waals surface area (Å²) in [5.41, 5.74) is 3.88. The van der Waals surface area contributed by atoms with E-state index in [1.54, 1.807) is 12.1 Å². The Labute approximate surface area is 161 Å². The van der Waals surface area contributed by atoms with Crippen molar-refractivity contribution in [3.8, 4) is 5.75 Å². The first-order valence-electron chi connectivity index (χ1n) is 6.84. The van der Waals surface area contributed by atoms with E-state index < -0.39 is 0 Å². The number of benzene rings is 2. The van der Waals surface area contributed by atoms with Crippen molar-refractivity contribution in [2.24, 2.45) is 5.84 Å². The number of thiazole rings is 1. The standard InChI is InChI=1S/C15H11Cl3N4O2S/c1-24-13-9(17)2-6(3-10(13)18)14(23)20-7-4-8(16)12-11(5-7)25-15(21-12)22-19/h2-5H,19H2,1H3,(H,20,23)(H,21,22). The lowest BCUT2D eigenvalue weighted by Crippen LogP contribution is -2.12. The molecule has 0 unspecified atom stereocenters. The van der Waals surface area contributed by atoms with E-state index in [-0.39, 0.29) is 16.0 Å². The molecule has 0 aliphatic carbocycles. The van der Waals surface area contributed by atoms with E-state index >= 15 is 0 Å². The molecule has 1 aromatic heterocycles. The molecule has 0 saturated heterocycles. The third kappa shape index (κ3) is 3.61. The Morgan fingerprint density at radius 1 is 1.16 bits per heavy atom. The van der Waals surface area contributed by atoms with Crippen molar-refractivity contribution in [3.63, 3.8) is 0 Å². The van der Waals surface area contributed by atoms with Crippen molar-refractivity contribution in [1.29, 1.82) is 0 Å². The summed E-state index contributed by atoms with van der Waals surface area (Å²) in [6.07, 6.45) is 0. The second kappa shape index (κ2) is 7.23. The lowest BCUT2D eigenvalue weighted by Gasteiger charge is -2.10. The SMILES string of the molecule is COc1c(Cl)cc(C(=O)Nc2cc(Cl)c3nc(NN)sc3c2)cc1Cl. The van der Waals surface area contributed by atoms with E-state index in [2.05, 4.69) is 15.7 Å². The Morgan fingerprint density at radius 3 is 2.44 bits per heavy atom. The van der Waals surface area contributed by atoms with E-state index in [4.69, 9.17) is 45.4 Å². The lowest BCUT2D eigenvalue weighted by atomic mass is 10.2.